The van der Waals surface area contributed by atoms with Crippen LogP contribution < -0.4 is 22.7 Å². The van der Waals surface area contributed by atoms with Crippen LogP contribution in [-0.2, 0) is 38.0 Å². The van der Waals surface area contributed by atoms with Gasteiger partial charge < -0.3 is 44.0 Å². The van der Waals surface area contributed by atoms with Crippen molar-refractivity contribution < 1.29 is 47.6 Å². The molecule has 2 aliphatic heterocycles. The van der Waals surface area contributed by atoms with Gasteiger partial charge in [-0.2, -0.15) is 4.98 Å². The van der Waals surface area contributed by atoms with E-state index < -0.39 is 71.1 Å². The van der Waals surface area contributed by atoms with Gasteiger partial charge in [0, 0.05) is 86.6 Å². The van der Waals surface area contributed by atoms with Gasteiger partial charge in [0.2, 0.25) is 0 Å². The van der Waals surface area contributed by atoms with Crippen LogP contribution in [0.5, 0.6) is 0 Å². The lowest BCUT2D eigenvalue weighted by molar-refractivity contribution is -0.147. The second kappa shape index (κ2) is 24.4. The topological polar surface area (TPSA) is 295 Å². The van der Waals surface area contributed by atoms with E-state index in [-0.39, 0.29) is 64.6 Å². The molecule has 0 aromatic carbocycles. The molecule has 23 nitrogen and oxygen atoms in total. The van der Waals surface area contributed by atoms with Crippen molar-refractivity contribution in [1.82, 2.24) is 28.9 Å². The average molecular weight is 901 g/mol. The lowest BCUT2D eigenvalue weighted by Gasteiger charge is -2.20. The zero-order valence-corrected chi connectivity index (χ0v) is 35.7. The van der Waals surface area contributed by atoms with Crippen molar-refractivity contribution in [1.29, 1.82) is 0 Å². The number of rotatable bonds is 22. The molecule has 26 heteroatoms. The number of esters is 2. The van der Waals surface area contributed by atoms with Crippen LogP contribution in [0.25, 0.3) is 10.4 Å². The summed E-state index contributed by atoms with van der Waals surface area (Å²) in [4.78, 5) is 96.6. The molecule has 3 N–H and O–H groups in total. The normalized spacial score (nSPS) is 19.6. The molecule has 60 heavy (non-hydrogen) atoms. The van der Waals surface area contributed by atoms with Gasteiger partial charge in [0.25, 0.3) is 5.56 Å². The first-order valence-electron chi connectivity index (χ1n) is 18.7. The van der Waals surface area contributed by atoms with Crippen molar-refractivity contribution in [2.24, 2.45) is 5.11 Å². The fourth-order valence-electron chi connectivity index (χ4n) is 5.60. The number of aromatic nitrogens is 4. The number of carbonyl (C=O) groups excluding carboxylic acids is 4. The summed E-state index contributed by atoms with van der Waals surface area (Å²) < 4.78 is 35.3. The molecule has 0 aliphatic carbocycles. The van der Waals surface area contributed by atoms with Crippen molar-refractivity contribution in [3.8, 4) is 0 Å². The first-order chi connectivity index (χ1) is 28.7. The summed E-state index contributed by atoms with van der Waals surface area (Å²) in [5.74, 6) is 0.762. The van der Waals surface area contributed by atoms with E-state index in [0.717, 1.165) is 0 Å². The van der Waals surface area contributed by atoms with Gasteiger partial charge >= 0.3 is 35.5 Å². The number of anilines is 1. The minimum absolute atomic E-state index is 0.0195. The highest BCUT2D eigenvalue weighted by atomic mass is 33.1. The van der Waals surface area contributed by atoms with Gasteiger partial charge in [0.05, 0.1) is 6.04 Å². The SMILES string of the molecule is Cc1cn(C2C[C@@H](N=[N+]=[N-])C(COC(=O)N(C)CCCC(=O)OCCSSCCOC(=O)N(C)CCCC(=O)OCC3OC(n4ccc(N)nc4=O)CS3)O2)c(=O)[nH]c1=O. The van der Waals surface area contributed by atoms with Gasteiger partial charge in [-0.3, -0.25) is 28.5 Å². The highest BCUT2D eigenvalue weighted by Gasteiger charge is 2.37. The molecule has 2 fully saturated rings. The fraction of sp³-hybridized carbons (Fsp3) is 0.647. The number of amides is 2. The van der Waals surface area contributed by atoms with Crippen molar-refractivity contribution in [3.63, 3.8) is 0 Å². The maximum atomic E-state index is 12.6. The highest BCUT2D eigenvalue weighted by Crippen LogP contribution is 2.32. The van der Waals surface area contributed by atoms with E-state index in [2.05, 4.69) is 20.0 Å². The summed E-state index contributed by atoms with van der Waals surface area (Å²) in [6, 6.07) is 0.774. The predicted molar refractivity (Wildman–Crippen MR) is 220 cm³/mol. The number of thioether (sulfide) groups is 1. The molecular formula is C34H48N10O13S3. The summed E-state index contributed by atoms with van der Waals surface area (Å²) in [6.07, 6.45) is 0.425. The molecule has 330 valence electrons. The number of aromatic amines is 1. The number of nitrogens with one attached hydrogen (secondary N) is 1. The second-order valence-electron chi connectivity index (χ2n) is 13.3. The second-order valence-corrected chi connectivity index (χ2v) is 17.2. The molecule has 4 rings (SSSR count). The number of nitrogens with two attached hydrogens (primary N) is 1. The quantitative estimate of drug-likeness (QED) is 0.0326. The Morgan fingerprint density at radius 1 is 0.967 bits per heavy atom. The molecule has 2 amide bonds. The van der Waals surface area contributed by atoms with E-state index in [1.807, 2.05) is 0 Å². The summed E-state index contributed by atoms with van der Waals surface area (Å²) in [5.41, 5.74) is 12.6. The average Bonchev–Trinajstić information content (AvgIpc) is 3.85. The first-order valence-corrected chi connectivity index (χ1v) is 22.2. The number of carbonyl (C=O) groups is 4. The number of hydrogen-bond acceptors (Lipinski definition) is 19. The zero-order valence-electron chi connectivity index (χ0n) is 33.2. The molecule has 2 aromatic rings. The third-order valence-corrected chi connectivity index (χ3v) is 12.2. The van der Waals surface area contributed by atoms with Gasteiger partial charge in [0.15, 0.2) is 0 Å². The molecule has 2 saturated heterocycles. The minimum Gasteiger partial charge on any atom is -0.465 e. The highest BCUT2D eigenvalue weighted by molar-refractivity contribution is 8.76. The maximum absolute atomic E-state index is 12.6. The first kappa shape index (κ1) is 47.8. The Bertz CT molecular complexity index is 2010. The van der Waals surface area contributed by atoms with E-state index in [4.69, 9.17) is 39.7 Å². The maximum Gasteiger partial charge on any atom is 0.409 e. The Balaban J connectivity index is 0.966. The number of nitrogens with zero attached hydrogens (tertiary/aromatic N) is 8. The summed E-state index contributed by atoms with van der Waals surface area (Å²) in [5, 5.41) is 3.70. The number of nitrogen functional groups attached to an aromatic ring is 1. The third-order valence-electron chi connectivity index (χ3n) is 8.78. The van der Waals surface area contributed by atoms with Crippen molar-refractivity contribution in [2.75, 3.05) is 76.6 Å². The summed E-state index contributed by atoms with van der Waals surface area (Å²) in [6.45, 7) is 2.12. The molecule has 0 spiro atoms. The van der Waals surface area contributed by atoms with E-state index in [1.54, 1.807) is 7.05 Å². The van der Waals surface area contributed by atoms with Crippen molar-refractivity contribution in [3.05, 3.63) is 65.8 Å². The number of aryl methyl sites for hydroxylation is 1. The van der Waals surface area contributed by atoms with Crippen LogP contribution in [0.3, 0.4) is 0 Å². The van der Waals surface area contributed by atoms with Crippen LogP contribution in [-0.4, -0.2) is 141 Å². The van der Waals surface area contributed by atoms with Crippen molar-refractivity contribution >= 4 is 63.3 Å². The van der Waals surface area contributed by atoms with Crippen LogP contribution >= 0.6 is 33.3 Å². The Morgan fingerprint density at radius 2 is 1.62 bits per heavy atom. The minimum atomic E-state index is -0.841. The van der Waals surface area contributed by atoms with Crippen LogP contribution in [0, 0.1) is 6.92 Å². The molecule has 5 atom stereocenters. The number of hydrogen-bond donors (Lipinski definition) is 2. The standard InChI is InChI=1S/C34H48N10O13S3/c1-21-17-44(32(49)38-30(21)47)25-16-22(39-40-36)23(56-25)18-55-34(51)42(3)10-4-6-27(45)52-12-14-59-60-15-13-53-33(50)41(2)9-5-7-28(46)54-19-29-57-26(20-58-29)43-11-8-24(35)37-31(43)48/h8,11,17,22-23,25-26,29H,4-7,9-10,12-16,18-20H2,1-3H3,(H2,35,37,48)(H,38,47,49)/t22-,23?,25?,26?,29?/m1/s1. The summed E-state index contributed by atoms with van der Waals surface area (Å²) >= 11 is 1.41. The Labute approximate surface area is 355 Å². The van der Waals surface area contributed by atoms with Crippen LogP contribution in [0.15, 0.2) is 38.0 Å². The molecule has 4 unspecified atom stereocenters. The van der Waals surface area contributed by atoms with E-state index >= 15 is 0 Å². The largest absolute Gasteiger partial charge is 0.465 e. The van der Waals surface area contributed by atoms with Gasteiger partial charge in [-0.15, -0.1) is 11.8 Å². The van der Waals surface area contributed by atoms with E-state index in [0.29, 0.717) is 35.7 Å². The molecule has 4 heterocycles. The van der Waals surface area contributed by atoms with E-state index in [9.17, 15) is 33.6 Å². The van der Waals surface area contributed by atoms with Crippen LogP contribution in [0.2, 0.25) is 0 Å². The fourth-order valence-corrected chi connectivity index (χ4v) is 8.24. The lowest BCUT2D eigenvalue weighted by atomic mass is 10.1. The molecule has 2 aliphatic rings. The monoisotopic (exact) mass is 900 g/mol. The predicted octanol–water partition coefficient (Wildman–Crippen LogP) is 2.40. The molecule has 0 saturated carbocycles. The lowest BCUT2D eigenvalue weighted by Crippen LogP contribution is -2.34. The smallest absolute Gasteiger partial charge is 0.409 e. The molecule has 2 aromatic heterocycles. The van der Waals surface area contributed by atoms with Gasteiger partial charge in [-0.25, -0.2) is 19.2 Å². The molecule has 0 radical (unpaired) electrons. The number of azide groups is 1. The summed E-state index contributed by atoms with van der Waals surface area (Å²) in [7, 11) is 5.97. The van der Waals surface area contributed by atoms with Gasteiger partial charge in [-0.05, 0) is 31.4 Å². The van der Waals surface area contributed by atoms with Crippen LogP contribution in [0.4, 0.5) is 15.4 Å². The van der Waals surface area contributed by atoms with Crippen LogP contribution in [0.1, 0.15) is 50.1 Å². The van der Waals surface area contributed by atoms with Gasteiger partial charge in [0.1, 0.15) is 56.2 Å². The molecule has 0 bridgehead atoms. The third kappa shape index (κ3) is 15.3. The van der Waals surface area contributed by atoms with Gasteiger partial charge in [-0.1, -0.05) is 26.7 Å². The Morgan fingerprint density at radius 3 is 2.28 bits per heavy atom. The number of H-pyrrole nitrogens is 1. The Hall–Kier alpha value is -4.88. The Kier molecular flexibility index (Phi) is 19.4. The van der Waals surface area contributed by atoms with Crippen molar-refractivity contribution in [2.45, 2.75) is 69.1 Å². The zero-order chi connectivity index (χ0) is 43.6. The molecular weight excluding hydrogens is 853 g/mol. The van der Waals surface area contributed by atoms with E-state index in [1.165, 1.54) is 84.7 Å². The number of ether oxygens (including phenoxy) is 6.